The van der Waals surface area contributed by atoms with Crippen molar-refractivity contribution in [3.63, 3.8) is 0 Å². The van der Waals surface area contributed by atoms with Crippen LogP contribution < -0.4 is 5.32 Å². The monoisotopic (exact) mass is 205 g/mol. The van der Waals surface area contributed by atoms with Gasteiger partial charge in [0.1, 0.15) is 12.4 Å². The fourth-order valence-corrected chi connectivity index (χ4v) is 0.980. The Hall–Kier alpha value is -1.01. The minimum Gasteiger partial charge on any atom is -0.390 e. The predicted molar refractivity (Wildman–Crippen MR) is 46.9 cm³/mol. The van der Waals surface area contributed by atoms with Crippen molar-refractivity contribution in [3.05, 3.63) is 18.2 Å². The first kappa shape index (κ1) is 11.1. The molecule has 0 aliphatic rings. The van der Waals surface area contributed by atoms with Crippen molar-refractivity contribution in [2.45, 2.75) is 12.5 Å². The van der Waals surface area contributed by atoms with Gasteiger partial charge in [-0.2, -0.15) is 0 Å². The number of nitrogens with one attached hydrogen (secondary N) is 1. The van der Waals surface area contributed by atoms with Crippen molar-refractivity contribution in [2.75, 3.05) is 13.2 Å². The molecule has 0 saturated carbocycles. The van der Waals surface area contributed by atoms with Crippen LogP contribution in [0.2, 0.25) is 0 Å². The summed E-state index contributed by atoms with van der Waals surface area (Å²) in [7, 11) is 1.79. The Labute approximate surface area is 80.6 Å². The molecule has 1 aromatic rings. The summed E-state index contributed by atoms with van der Waals surface area (Å²) in [5.41, 5.74) is 0. The number of aliphatic hydroxyl groups is 1. The van der Waals surface area contributed by atoms with Crippen molar-refractivity contribution >= 4 is 0 Å². The standard InChI is InChI=1S/C8H13F2N3O/c1-13-3-2-12-7(13)4-11-5-8(9,10)6-14/h2-3,11,14H,4-6H2,1H3. The molecule has 0 atom stereocenters. The normalized spacial score (nSPS) is 12.0. The van der Waals surface area contributed by atoms with Gasteiger partial charge in [-0.1, -0.05) is 0 Å². The highest BCUT2D eigenvalue weighted by molar-refractivity contribution is 4.90. The van der Waals surface area contributed by atoms with E-state index in [0.717, 1.165) is 0 Å². The molecule has 0 fully saturated rings. The highest BCUT2D eigenvalue weighted by Gasteiger charge is 2.26. The van der Waals surface area contributed by atoms with Crippen molar-refractivity contribution < 1.29 is 13.9 Å². The Balaban J connectivity index is 2.32. The minimum absolute atomic E-state index is 0.263. The van der Waals surface area contributed by atoms with Crippen molar-refractivity contribution in [1.29, 1.82) is 0 Å². The number of aromatic nitrogens is 2. The van der Waals surface area contributed by atoms with Crippen molar-refractivity contribution in [3.8, 4) is 0 Å². The van der Waals surface area contributed by atoms with Crippen LogP contribution in [0.15, 0.2) is 12.4 Å². The molecule has 6 heteroatoms. The number of nitrogens with zero attached hydrogens (tertiary/aromatic N) is 2. The summed E-state index contributed by atoms with van der Waals surface area (Å²) in [6, 6.07) is 0. The number of hydrogen-bond acceptors (Lipinski definition) is 3. The predicted octanol–water partition coefficient (Wildman–Crippen LogP) is 0.137. The smallest absolute Gasteiger partial charge is 0.282 e. The third-order valence-corrected chi connectivity index (χ3v) is 1.82. The average Bonchev–Trinajstić information content (AvgIpc) is 2.52. The lowest BCUT2D eigenvalue weighted by Gasteiger charge is -2.13. The molecular weight excluding hydrogens is 192 g/mol. The van der Waals surface area contributed by atoms with Gasteiger partial charge in [0.2, 0.25) is 0 Å². The maximum Gasteiger partial charge on any atom is 0.282 e. The second-order valence-corrected chi connectivity index (χ2v) is 3.07. The first-order valence-electron chi connectivity index (χ1n) is 4.21. The average molecular weight is 205 g/mol. The lowest BCUT2D eigenvalue weighted by Crippen LogP contribution is -2.35. The first-order chi connectivity index (χ1) is 6.55. The SMILES string of the molecule is Cn1ccnc1CNCC(F)(F)CO. The summed E-state index contributed by atoms with van der Waals surface area (Å²) < 4.78 is 26.8. The van der Waals surface area contributed by atoms with Crippen LogP contribution in [0.5, 0.6) is 0 Å². The van der Waals surface area contributed by atoms with Crippen LogP contribution in [0.4, 0.5) is 8.78 Å². The molecule has 0 unspecified atom stereocenters. The molecule has 14 heavy (non-hydrogen) atoms. The summed E-state index contributed by atoms with van der Waals surface area (Å²) in [6.07, 6.45) is 3.34. The Morgan fingerprint density at radius 1 is 1.64 bits per heavy atom. The molecule has 2 N–H and O–H groups in total. The molecule has 4 nitrogen and oxygen atoms in total. The van der Waals surface area contributed by atoms with Crippen LogP contribution in [0.25, 0.3) is 0 Å². The molecule has 0 aliphatic heterocycles. The highest BCUT2D eigenvalue weighted by atomic mass is 19.3. The van der Waals surface area contributed by atoms with Gasteiger partial charge in [0, 0.05) is 19.4 Å². The van der Waals surface area contributed by atoms with E-state index in [-0.39, 0.29) is 6.54 Å². The quantitative estimate of drug-likeness (QED) is 0.718. The van der Waals surface area contributed by atoms with E-state index in [4.69, 9.17) is 5.11 Å². The topological polar surface area (TPSA) is 50.1 Å². The maximum absolute atomic E-state index is 12.5. The molecule has 0 radical (unpaired) electrons. The highest BCUT2D eigenvalue weighted by Crippen LogP contribution is 2.09. The second-order valence-electron chi connectivity index (χ2n) is 3.07. The van der Waals surface area contributed by atoms with E-state index in [1.54, 1.807) is 24.0 Å². The van der Waals surface area contributed by atoms with Gasteiger partial charge in [0.15, 0.2) is 0 Å². The molecule has 1 heterocycles. The maximum atomic E-state index is 12.5. The van der Waals surface area contributed by atoms with Crippen LogP contribution >= 0.6 is 0 Å². The van der Waals surface area contributed by atoms with E-state index in [2.05, 4.69) is 10.3 Å². The molecule has 0 spiro atoms. The molecule has 0 aromatic carbocycles. The van der Waals surface area contributed by atoms with E-state index in [1.807, 2.05) is 0 Å². The van der Waals surface area contributed by atoms with Gasteiger partial charge < -0.3 is 15.0 Å². The van der Waals surface area contributed by atoms with Gasteiger partial charge in [0.25, 0.3) is 5.92 Å². The minimum atomic E-state index is -3.06. The van der Waals surface area contributed by atoms with Crippen LogP contribution in [0, 0.1) is 0 Å². The summed E-state index contributed by atoms with van der Waals surface area (Å²) in [6.45, 7) is -1.42. The number of imidazole rings is 1. The van der Waals surface area contributed by atoms with Crippen LogP contribution in [0.3, 0.4) is 0 Å². The van der Waals surface area contributed by atoms with Gasteiger partial charge in [-0.25, -0.2) is 13.8 Å². The number of alkyl halides is 2. The Kier molecular flexibility index (Phi) is 3.54. The summed E-state index contributed by atoms with van der Waals surface area (Å²) in [4.78, 5) is 3.95. The van der Waals surface area contributed by atoms with Gasteiger partial charge in [-0.05, 0) is 0 Å². The van der Waals surface area contributed by atoms with E-state index < -0.39 is 19.1 Å². The number of halogens is 2. The van der Waals surface area contributed by atoms with Crippen LogP contribution in [-0.4, -0.2) is 33.7 Å². The molecule has 0 aliphatic carbocycles. The van der Waals surface area contributed by atoms with E-state index in [9.17, 15) is 8.78 Å². The lowest BCUT2D eigenvalue weighted by molar-refractivity contribution is -0.0478. The molecular formula is C8H13F2N3O. The van der Waals surface area contributed by atoms with Gasteiger partial charge in [-0.3, -0.25) is 0 Å². The molecule has 0 bridgehead atoms. The fraction of sp³-hybridized carbons (Fsp3) is 0.625. The van der Waals surface area contributed by atoms with E-state index >= 15 is 0 Å². The zero-order valence-corrected chi connectivity index (χ0v) is 7.87. The lowest BCUT2D eigenvalue weighted by atomic mass is 10.3. The summed E-state index contributed by atoms with van der Waals surface area (Å²) >= 11 is 0. The van der Waals surface area contributed by atoms with Gasteiger partial charge in [0.05, 0.1) is 13.1 Å². The molecule has 0 saturated heterocycles. The molecule has 1 rings (SSSR count). The first-order valence-corrected chi connectivity index (χ1v) is 4.21. The summed E-state index contributed by atoms with van der Waals surface area (Å²) in [5.74, 6) is -2.38. The van der Waals surface area contributed by atoms with Crippen molar-refractivity contribution in [1.82, 2.24) is 14.9 Å². The zero-order chi connectivity index (χ0) is 10.6. The van der Waals surface area contributed by atoms with Crippen LogP contribution in [-0.2, 0) is 13.6 Å². The van der Waals surface area contributed by atoms with Crippen LogP contribution in [0.1, 0.15) is 5.82 Å². The zero-order valence-electron chi connectivity index (χ0n) is 7.87. The Morgan fingerprint density at radius 2 is 2.36 bits per heavy atom. The largest absolute Gasteiger partial charge is 0.390 e. The number of rotatable bonds is 5. The number of aliphatic hydroxyl groups excluding tert-OH is 1. The molecule has 0 amide bonds. The Morgan fingerprint density at radius 3 is 2.86 bits per heavy atom. The summed E-state index contributed by atoms with van der Waals surface area (Å²) in [5, 5.41) is 10.8. The third kappa shape index (κ3) is 3.04. The van der Waals surface area contributed by atoms with E-state index in [0.29, 0.717) is 5.82 Å². The van der Waals surface area contributed by atoms with E-state index in [1.165, 1.54) is 0 Å². The van der Waals surface area contributed by atoms with Gasteiger partial charge in [-0.15, -0.1) is 0 Å². The molecule has 80 valence electrons. The van der Waals surface area contributed by atoms with Crippen molar-refractivity contribution in [2.24, 2.45) is 7.05 Å². The Bertz CT molecular complexity index is 288. The second kappa shape index (κ2) is 4.47. The fourth-order valence-electron chi connectivity index (χ4n) is 0.980. The van der Waals surface area contributed by atoms with Gasteiger partial charge >= 0.3 is 0 Å². The number of hydrogen-bond donors (Lipinski definition) is 2. The number of aryl methyl sites for hydroxylation is 1. The third-order valence-electron chi connectivity index (χ3n) is 1.82. The molecule has 1 aromatic heterocycles.